The van der Waals surface area contributed by atoms with Crippen molar-refractivity contribution in [2.75, 3.05) is 18.0 Å². The second kappa shape index (κ2) is 10.4. The molecule has 2 aromatic heterocycles. The Hall–Kier alpha value is -3.64. The fraction of sp³-hybridized carbons (Fsp3) is 0.412. The Balaban J connectivity index is 1.69. The molecule has 40 heavy (non-hydrogen) atoms. The summed E-state index contributed by atoms with van der Waals surface area (Å²) >= 11 is 0. The molecule has 2 aromatic carbocycles. The van der Waals surface area contributed by atoms with Gasteiger partial charge in [-0.2, -0.15) is 5.10 Å². The minimum Gasteiger partial charge on any atom is -0.479 e. The molecule has 1 aliphatic rings. The lowest BCUT2D eigenvalue weighted by Crippen LogP contribution is -2.39. The Kier molecular flexibility index (Phi) is 7.26. The normalized spacial score (nSPS) is 16.3. The molecule has 0 bridgehead atoms. The Labute approximate surface area is 237 Å². The van der Waals surface area contributed by atoms with Gasteiger partial charge in [0.15, 0.2) is 6.10 Å². The number of pyridine rings is 1. The van der Waals surface area contributed by atoms with Crippen molar-refractivity contribution in [3.8, 4) is 22.4 Å². The van der Waals surface area contributed by atoms with Crippen LogP contribution in [0, 0.1) is 19.3 Å². The van der Waals surface area contributed by atoms with E-state index < -0.39 is 17.7 Å². The molecule has 0 radical (unpaired) electrons. The number of aryl methyl sites for hydroxylation is 2. The van der Waals surface area contributed by atoms with Crippen molar-refractivity contribution in [3.63, 3.8) is 0 Å². The first kappa shape index (κ1) is 27.9. The highest BCUT2D eigenvalue weighted by molar-refractivity contribution is 5.87. The molecule has 1 saturated heterocycles. The van der Waals surface area contributed by atoms with E-state index in [0.29, 0.717) is 0 Å². The van der Waals surface area contributed by atoms with Gasteiger partial charge in [-0.05, 0) is 87.3 Å². The summed E-state index contributed by atoms with van der Waals surface area (Å²) < 4.78 is 8.12. The van der Waals surface area contributed by atoms with Crippen molar-refractivity contribution in [2.24, 2.45) is 5.41 Å². The number of aromatic nitrogens is 2. The van der Waals surface area contributed by atoms with Crippen LogP contribution in [0.5, 0.6) is 0 Å². The number of hydrogen-bond acceptors (Lipinski definition) is 4. The fourth-order valence-corrected chi connectivity index (χ4v) is 5.72. The maximum absolute atomic E-state index is 12.7. The Morgan fingerprint density at radius 1 is 0.975 bits per heavy atom. The quantitative estimate of drug-likeness (QED) is 0.270. The molecule has 0 aliphatic carbocycles. The van der Waals surface area contributed by atoms with E-state index in [1.807, 2.05) is 38.4 Å². The summed E-state index contributed by atoms with van der Waals surface area (Å²) in [6.45, 7) is 16.1. The number of carbonyl (C=O) groups is 1. The van der Waals surface area contributed by atoms with E-state index >= 15 is 0 Å². The third kappa shape index (κ3) is 5.64. The van der Waals surface area contributed by atoms with Crippen molar-refractivity contribution in [2.45, 2.75) is 73.0 Å². The summed E-state index contributed by atoms with van der Waals surface area (Å²) in [7, 11) is 0. The molecule has 1 fully saturated rings. The van der Waals surface area contributed by atoms with Crippen LogP contribution in [-0.2, 0) is 9.53 Å². The molecule has 5 rings (SSSR count). The van der Waals surface area contributed by atoms with Gasteiger partial charge in [0.1, 0.15) is 0 Å². The van der Waals surface area contributed by atoms with Gasteiger partial charge in [0.2, 0.25) is 0 Å². The second-order valence-corrected chi connectivity index (χ2v) is 12.9. The third-order valence-electron chi connectivity index (χ3n) is 7.98. The van der Waals surface area contributed by atoms with Crippen LogP contribution in [0.15, 0.2) is 60.8 Å². The van der Waals surface area contributed by atoms with Gasteiger partial charge < -0.3 is 14.7 Å². The van der Waals surface area contributed by atoms with E-state index in [4.69, 9.17) is 9.84 Å². The van der Waals surface area contributed by atoms with E-state index in [-0.39, 0.29) is 5.41 Å². The lowest BCUT2D eigenvalue weighted by atomic mass is 9.82. The lowest BCUT2D eigenvalue weighted by molar-refractivity contribution is -0.160. The van der Waals surface area contributed by atoms with Gasteiger partial charge in [0, 0.05) is 30.4 Å². The zero-order chi connectivity index (χ0) is 28.8. The number of carboxylic acids is 1. The van der Waals surface area contributed by atoms with E-state index in [1.54, 1.807) is 0 Å². The van der Waals surface area contributed by atoms with Gasteiger partial charge >= 0.3 is 5.97 Å². The van der Waals surface area contributed by atoms with E-state index in [9.17, 15) is 9.90 Å². The van der Waals surface area contributed by atoms with E-state index in [2.05, 4.69) is 80.3 Å². The Bertz CT molecular complexity index is 1550. The summed E-state index contributed by atoms with van der Waals surface area (Å²) in [5.41, 5.74) is 8.48. The van der Waals surface area contributed by atoms with Crippen LogP contribution in [0.1, 0.15) is 70.3 Å². The van der Waals surface area contributed by atoms with Crippen LogP contribution in [-0.4, -0.2) is 39.4 Å². The summed E-state index contributed by atoms with van der Waals surface area (Å²) in [6.07, 6.45) is 2.92. The molecule has 4 aromatic rings. The van der Waals surface area contributed by atoms with Crippen LogP contribution in [0.2, 0.25) is 0 Å². The number of benzene rings is 2. The summed E-state index contributed by atoms with van der Waals surface area (Å²) in [6, 6.07) is 19.0. The maximum atomic E-state index is 12.7. The minimum atomic E-state index is -1.09. The molecular formula is C34H41N3O3. The van der Waals surface area contributed by atoms with Crippen molar-refractivity contribution in [1.29, 1.82) is 0 Å². The molecule has 1 unspecified atom stereocenters. The number of rotatable bonds is 6. The molecule has 1 N–H and O–H groups in total. The summed E-state index contributed by atoms with van der Waals surface area (Å²) in [5, 5.41) is 15.4. The molecule has 1 atom stereocenters. The first-order chi connectivity index (χ1) is 18.8. The predicted octanol–water partition coefficient (Wildman–Crippen LogP) is 7.85. The Morgan fingerprint density at radius 2 is 1.65 bits per heavy atom. The SMILES string of the molecule is Cc1ccccc1-c1cccc(-c2cc3c(N4CCC(C)(C)CC4)c(C(OC(C)(C)C)C(=O)O)c(C)cn3n2)c1. The van der Waals surface area contributed by atoms with Crippen LogP contribution in [0.25, 0.3) is 27.9 Å². The predicted molar refractivity (Wildman–Crippen MR) is 162 cm³/mol. The van der Waals surface area contributed by atoms with Crippen molar-refractivity contribution in [1.82, 2.24) is 9.61 Å². The van der Waals surface area contributed by atoms with Crippen molar-refractivity contribution < 1.29 is 14.6 Å². The number of carboxylic acid groups (broad SMARTS) is 1. The van der Waals surface area contributed by atoms with Crippen LogP contribution >= 0.6 is 0 Å². The molecule has 0 amide bonds. The molecule has 0 saturated carbocycles. The van der Waals surface area contributed by atoms with Gasteiger partial charge in [0.05, 0.1) is 22.5 Å². The van der Waals surface area contributed by atoms with Crippen LogP contribution in [0.3, 0.4) is 0 Å². The number of fused-ring (bicyclic) bond motifs is 1. The van der Waals surface area contributed by atoms with Gasteiger partial charge in [-0.15, -0.1) is 0 Å². The molecule has 1 aliphatic heterocycles. The van der Waals surface area contributed by atoms with Crippen molar-refractivity contribution in [3.05, 3.63) is 77.5 Å². The number of hydrogen-bond donors (Lipinski definition) is 1. The van der Waals surface area contributed by atoms with Crippen LogP contribution < -0.4 is 4.90 Å². The number of anilines is 1. The smallest absolute Gasteiger partial charge is 0.337 e. The number of aliphatic carboxylic acids is 1. The number of piperidine rings is 1. The maximum Gasteiger partial charge on any atom is 0.337 e. The summed E-state index contributed by atoms with van der Waals surface area (Å²) in [4.78, 5) is 15.0. The molecule has 210 valence electrons. The zero-order valence-electron chi connectivity index (χ0n) is 24.8. The first-order valence-corrected chi connectivity index (χ1v) is 14.2. The average Bonchev–Trinajstić information content (AvgIpc) is 3.30. The number of nitrogens with zero attached hydrogens (tertiary/aromatic N) is 3. The standard InChI is InChI=1S/C34H41N3O3/c1-22-11-8-9-14-26(22)24-12-10-13-25(19-24)27-20-28-30(36-17-15-34(6,7)16-18-36)29(23(2)21-37(28)35-27)31(32(38)39)40-33(3,4)5/h8-14,19-21,31H,15-18H2,1-7H3,(H,38,39). The fourth-order valence-electron chi connectivity index (χ4n) is 5.72. The highest BCUT2D eigenvalue weighted by Gasteiger charge is 2.35. The monoisotopic (exact) mass is 539 g/mol. The second-order valence-electron chi connectivity index (χ2n) is 12.9. The molecule has 6 heteroatoms. The van der Waals surface area contributed by atoms with Gasteiger partial charge in [-0.25, -0.2) is 9.31 Å². The molecule has 6 nitrogen and oxygen atoms in total. The highest BCUT2D eigenvalue weighted by atomic mass is 16.5. The molecule has 3 heterocycles. The van der Waals surface area contributed by atoms with E-state index in [1.165, 1.54) is 11.1 Å². The lowest BCUT2D eigenvalue weighted by Gasteiger charge is -2.40. The van der Waals surface area contributed by atoms with Gasteiger partial charge in [-0.1, -0.05) is 56.3 Å². The zero-order valence-corrected chi connectivity index (χ0v) is 24.8. The summed E-state index contributed by atoms with van der Waals surface area (Å²) in [5.74, 6) is -0.980. The topological polar surface area (TPSA) is 67.1 Å². The molecule has 0 spiro atoms. The minimum absolute atomic E-state index is 0.256. The number of ether oxygens (including phenoxy) is 1. The van der Waals surface area contributed by atoms with E-state index in [0.717, 1.165) is 65.1 Å². The molecular weight excluding hydrogens is 498 g/mol. The Morgan fingerprint density at radius 3 is 2.30 bits per heavy atom. The first-order valence-electron chi connectivity index (χ1n) is 14.2. The average molecular weight is 540 g/mol. The van der Waals surface area contributed by atoms with Crippen molar-refractivity contribution >= 4 is 17.2 Å². The van der Waals surface area contributed by atoms with Gasteiger partial charge in [-0.3, -0.25) is 0 Å². The third-order valence-corrected chi connectivity index (χ3v) is 7.98. The van der Waals surface area contributed by atoms with Gasteiger partial charge in [0.25, 0.3) is 0 Å². The largest absolute Gasteiger partial charge is 0.479 e. The highest BCUT2D eigenvalue weighted by Crippen LogP contribution is 2.42. The van der Waals surface area contributed by atoms with Crippen LogP contribution in [0.4, 0.5) is 5.69 Å².